The molecule has 0 bridgehead atoms. The topological polar surface area (TPSA) is 110 Å². The van der Waals surface area contributed by atoms with Gasteiger partial charge in [0.15, 0.2) is 0 Å². The van der Waals surface area contributed by atoms with Gasteiger partial charge in [-0.2, -0.15) is 0 Å². The van der Waals surface area contributed by atoms with Gasteiger partial charge < -0.3 is 27.6 Å². The van der Waals surface area contributed by atoms with Gasteiger partial charge in [0.25, 0.3) is 0 Å². The molecular formula is C13H16N4O. The van der Waals surface area contributed by atoms with E-state index in [2.05, 4.69) is 5.32 Å². The van der Waals surface area contributed by atoms with Gasteiger partial charge in [0.2, 0.25) is 0 Å². The lowest BCUT2D eigenvalue weighted by molar-refractivity contribution is 0.478. The predicted molar refractivity (Wildman–Crippen MR) is 75.8 cm³/mol. The molecule has 0 radical (unpaired) electrons. The van der Waals surface area contributed by atoms with E-state index >= 15 is 0 Å². The minimum absolute atomic E-state index is 0.0265. The molecule has 0 aliphatic rings. The Morgan fingerprint density at radius 1 is 0.944 bits per heavy atom. The molecule has 2 rings (SSSR count). The van der Waals surface area contributed by atoms with Crippen LogP contribution < -0.4 is 22.5 Å². The Bertz CT molecular complexity index is 596. The van der Waals surface area contributed by atoms with Gasteiger partial charge in [-0.1, -0.05) is 0 Å². The van der Waals surface area contributed by atoms with Crippen LogP contribution in [0.5, 0.6) is 5.75 Å². The predicted octanol–water partition coefficient (Wildman–Crippen LogP) is 2.19. The van der Waals surface area contributed by atoms with E-state index in [0.717, 1.165) is 5.56 Å². The lowest BCUT2D eigenvalue weighted by Gasteiger charge is -2.12. The number of hydrogen-bond donors (Lipinski definition) is 5. The van der Waals surface area contributed by atoms with Gasteiger partial charge in [-0.3, -0.25) is 0 Å². The molecule has 5 nitrogen and oxygen atoms in total. The fourth-order valence-corrected chi connectivity index (χ4v) is 1.63. The lowest BCUT2D eigenvalue weighted by atomic mass is 10.1. The van der Waals surface area contributed by atoms with Gasteiger partial charge in [-0.05, 0) is 36.8 Å². The largest absolute Gasteiger partial charge is 0.506 e. The van der Waals surface area contributed by atoms with Crippen molar-refractivity contribution in [3.8, 4) is 5.75 Å². The van der Waals surface area contributed by atoms with E-state index in [1.165, 1.54) is 6.07 Å². The summed E-state index contributed by atoms with van der Waals surface area (Å²) in [5, 5.41) is 12.6. The molecule has 0 aliphatic carbocycles. The molecule has 0 aliphatic heterocycles. The summed E-state index contributed by atoms with van der Waals surface area (Å²) in [5.41, 5.74) is 21.2. The second-order valence-corrected chi connectivity index (χ2v) is 4.19. The van der Waals surface area contributed by atoms with E-state index < -0.39 is 0 Å². The van der Waals surface area contributed by atoms with Gasteiger partial charge in [0.05, 0.1) is 17.1 Å². The van der Waals surface area contributed by atoms with E-state index in [4.69, 9.17) is 17.2 Å². The first-order valence-electron chi connectivity index (χ1n) is 5.48. The van der Waals surface area contributed by atoms with Gasteiger partial charge >= 0.3 is 0 Å². The number of phenolic OH excluding ortho intramolecular Hbond substituents is 1. The Hall–Kier alpha value is -2.56. The number of aryl methyl sites for hydroxylation is 1. The van der Waals surface area contributed by atoms with E-state index in [0.29, 0.717) is 28.4 Å². The molecule has 0 unspecified atom stereocenters. The summed E-state index contributed by atoms with van der Waals surface area (Å²) in [5.74, 6) is 0.0265. The van der Waals surface area contributed by atoms with Crippen LogP contribution >= 0.6 is 0 Å². The molecule has 0 saturated heterocycles. The second kappa shape index (κ2) is 4.37. The summed E-state index contributed by atoms with van der Waals surface area (Å²) in [6, 6.07) is 8.47. The van der Waals surface area contributed by atoms with Gasteiger partial charge in [0.1, 0.15) is 5.75 Å². The highest BCUT2D eigenvalue weighted by Crippen LogP contribution is 2.30. The summed E-state index contributed by atoms with van der Waals surface area (Å²) in [6.07, 6.45) is 0. The van der Waals surface area contributed by atoms with Crippen LogP contribution in [0, 0.1) is 6.92 Å². The van der Waals surface area contributed by atoms with Crippen molar-refractivity contribution in [2.24, 2.45) is 0 Å². The average Bonchev–Trinajstić information content (AvgIpc) is 2.31. The monoisotopic (exact) mass is 244 g/mol. The van der Waals surface area contributed by atoms with Crippen molar-refractivity contribution >= 4 is 28.4 Å². The fourth-order valence-electron chi connectivity index (χ4n) is 1.63. The molecule has 0 atom stereocenters. The molecule has 8 N–H and O–H groups in total. The third-order valence-corrected chi connectivity index (χ3v) is 2.75. The van der Waals surface area contributed by atoms with Crippen molar-refractivity contribution in [2.75, 3.05) is 22.5 Å². The first kappa shape index (κ1) is 11.9. The van der Waals surface area contributed by atoms with Crippen molar-refractivity contribution in [1.82, 2.24) is 0 Å². The number of rotatable bonds is 2. The van der Waals surface area contributed by atoms with Crippen molar-refractivity contribution < 1.29 is 5.11 Å². The highest BCUT2D eigenvalue weighted by Gasteiger charge is 2.05. The standard InChI is InChI=1S/C13H16N4O/c1-7-4-11(16)12(6-10(7)15)17-8-2-3-9(14)13(18)5-8/h2-6,17-18H,14-16H2,1H3. The zero-order chi connectivity index (χ0) is 13.3. The summed E-state index contributed by atoms with van der Waals surface area (Å²) in [7, 11) is 0. The summed E-state index contributed by atoms with van der Waals surface area (Å²) in [4.78, 5) is 0. The number of nitrogens with two attached hydrogens (primary N) is 3. The van der Waals surface area contributed by atoms with Crippen LogP contribution in [-0.2, 0) is 0 Å². The number of nitrogens with one attached hydrogen (secondary N) is 1. The third-order valence-electron chi connectivity index (χ3n) is 2.75. The number of aromatic hydroxyl groups is 1. The molecule has 5 heteroatoms. The van der Waals surface area contributed by atoms with Crippen molar-refractivity contribution in [2.45, 2.75) is 6.92 Å². The van der Waals surface area contributed by atoms with Crippen LogP contribution in [-0.4, -0.2) is 5.11 Å². The quantitative estimate of drug-likeness (QED) is 0.411. The third kappa shape index (κ3) is 2.24. The van der Waals surface area contributed by atoms with E-state index in [-0.39, 0.29) is 5.75 Å². The number of anilines is 5. The van der Waals surface area contributed by atoms with Crippen molar-refractivity contribution in [3.63, 3.8) is 0 Å². The number of nitrogen functional groups attached to an aromatic ring is 3. The van der Waals surface area contributed by atoms with Gasteiger partial charge in [-0.15, -0.1) is 0 Å². The molecule has 0 fully saturated rings. The average molecular weight is 244 g/mol. The molecule has 0 heterocycles. The first-order chi connectivity index (χ1) is 8.47. The maximum atomic E-state index is 9.53. The lowest BCUT2D eigenvalue weighted by Crippen LogP contribution is -2.00. The van der Waals surface area contributed by atoms with Crippen LogP contribution in [0.2, 0.25) is 0 Å². The zero-order valence-corrected chi connectivity index (χ0v) is 10.1. The number of phenols is 1. The highest BCUT2D eigenvalue weighted by atomic mass is 16.3. The second-order valence-electron chi connectivity index (χ2n) is 4.19. The molecule has 2 aromatic rings. The Labute approximate surface area is 105 Å². The minimum atomic E-state index is 0.0265. The Morgan fingerprint density at radius 2 is 1.67 bits per heavy atom. The summed E-state index contributed by atoms with van der Waals surface area (Å²) >= 11 is 0. The maximum Gasteiger partial charge on any atom is 0.140 e. The zero-order valence-electron chi connectivity index (χ0n) is 10.1. The molecule has 94 valence electrons. The minimum Gasteiger partial charge on any atom is -0.506 e. The van der Waals surface area contributed by atoms with Crippen LogP contribution in [0.25, 0.3) is 0 Å². The smallest absolute Gasteiger partial charge is 0.140 e. The number of hydrogen-bond acceptors (Lipinski definition) is 5. The van der Waals surface area contributed by atoms with Gasteiger partial charge in [-0.25, -0.2) is 0 Å². The van der Waals surface area contributed by atoms with E-state index in [9.17, 15) is 5.11 Å². The fraction of sp³-hybridized carbons (Fsp3) is 0.0769. The molecule has 18 heavy (non-hydrogen) atoms. The van der Waals surface area contributed by atoms with Crippen molar-refractivity contribution in [1.29, 1.82) is 0 Å². The van der Waals surface area contributed by atoms with Crippen LogP contribution in [0.15, 0.2) is 30.3 Å². The Balaban J connectivity index is 2.34. The molecule has 0 saturated carbocycles. The van der Waals surface area contributed by atoms with Crippen molar-refractivity contribution in [3.05, 3.63) is 35.9 Å². The van der Waals surface area contributed by atoms with Crippen LogP contribution in [0.1, 0.15) is 5.56 Å². The molecule has 0 amide bonds. The van der Waals surface area contributed by atoms with E-state index in [1.54, 1.807) is 24.3 Å². The highest BCUT2D eigenvalue weighted by molar-refractivity contribution is 5.78. The molecular weight excluding hydrogens is 228 g/mol. The Kier molecular flexibility index (Phi) is 2.89. The van der Waals surface area contributed by atoms with Crippen LogP contribution in [0.3, 0.4) is 0 Å². The molecule has 0 aromatic heterocycles. The maximum absolute atomic E-state index is 9.53. The number of benzene rings is 2. The summed E-state index contributed by atoms with van der Waals surface area (Å²) < 4.78 is 0. The van der Waals surface area contributed by atoms with Gasteiger partial charge in [0, 0.05) is 17.4 Å². The van der Waals surface area contributed by atoms with E-state index in [1.807, 2.05) is 6.92 Å². The Morgan fingerprint density at radius 3 is 2.33 bits per heavy atom. The first-order valence-corrected chi connectivity index (χ1v) is 5.48. The molecule has 2 aromatic carbocycles. The normalized spacial score (nSPS) is 10.3. The SMILES string of the molecule is Cc1cc(N)c(Nc2ccc(N)c(O)c2)cc1N. The van der Waals surface area contributed by atoms with Crippen LogP contribution in [0.4, 0.5) is 28.4 Å². The molecule has 0 spiro atoms. The summed E-state index contributed by atoms with van der Waals surface area (Å²) in [6.45, 7) is 1.89.